The number of carbonyl (C=O) groups is 1. The SMILES string of the molecule is Cc1cnc(Cn2ccc(C)c(C(=O)NCCN3CCCCC3)c2=O)cn1. The first-order chi connectivity index (χ1) is 13.0. The number of aromatic nitrogens is 3. The topological polar surface area (TPSA) is 80.1 Å². The number of rotatable bonds is 6. The minimum absolute atomic E-state index is 0.205. The highest BCUT2D eigenvalue weighted by Crippen LogP contribution is 2.08. The maximum Gasteiger partial charge on any atom is 0.264 e. The highest BCUT2D eigenvalue weighted by Gasteiger charge is 2.17. The summed E-state index contributed by atoms with van der Waals surface area (Å²) >= 11 is 0. The van der Waals surface area contributed by atoms with E-state index >= 15 is 0 Å². The third-order valence-electron chi connectivity index (χ3n) is 4.93. The second-order valence-corrected chi connectivity index (χ2v) is 7.11. The molecule has 7 heteroatoms. The summed E-state index contributed by atoms with van der Waals surface area (Å²) in [4.78, 5) is 36.3. The Morgan fingerprint density at radius 2 is 1.93 bits per heavy atom. The van der Waals surface area contributed by atoms with E-state index in [9.17, 15) is 9.59 Å². The summed E-state index contributed by atoms with van der Waals surface area (Å²) in [6.45, 7) is 7.49. The van der Waals surface area contributed by atoms with Crippen molar-refractivity contribution < 1.29 is 4.79 Å². The third kappa shape index (κ3) is 5.01. The van der Waals surface area contributed by atoms with Crippen molar-refractivity contribution in [2.45, 2.75) is 39.7 Å². The number of hydrogen-bond donors (Lipinski definition) is 1. The molecule has 3 rings (SSSR count). The molecular weight excluding hydrogens is 342 g/mol. The number of nitrogens with zero attached hydrogens (tertiary/aromatic N) is 4. The molecule has 0 spiro atoms. The van der Waals surface area contributed by atoms with Gasteiger partial charge >= 0.3 is 0 Å². The summed E-state index contributed by atoms with van der Waals surface area (Å²) in [6.07, 6.45) is 8.75. The molecule has 1 saturated heterocycles. The standard InChI is InChI=1S/C20H27N5O2/c1-15-6-10-25(14-17-13-22-16(2)12-23-17)20(27)18(15)19(26)21-7-11-24-8-4-3-5-9-24/h6,10,12-13H,3-5,7-9,11,14H2,1-2H3,(H,21,26). The lowest BCUT2D eigenvalue weighted by Gasteiger charge is -2.26. The van der Waals surface area contributed by atoms with E-state index in [-0.39, 0.29) is 17.0 Å². The number of carbonyl (C=O) groups excluding carboxylic acids is 1. The Morgan fingerprint density at radius 1 is 1.15 bits per heavy atom. The van der Waals surface area contributed by atoms with Gasteiger partial charge in [-0.2, -0.15) is 0 Å². The lowest BCUT2D eigenvalue weighted by molar-refractivity contribution is 0.0944. The van der Waals surface area contributed by atoms with Gasteiger partial charge in [-0.3, -0.25) is 19.6 Å². The Balaban J connectivity index is 1.67. The van der Waals surface area contributed by atoms with Crippen molar-refractivity contribution in [3.63, 3.8) is 0 Å². The van der Waals surface area contributed by atoms with E-state index in [2.05, 4.69) is 20.2 Å². The van der Waals surface area contributed by atoms with Crippen molar-refractivity contribution in [3.8, 4) is 0 Å². The number of piperidine rings is 1. The Labute approximate surface area is 159 Å². The molecule has 2 aromatic heterocycles. The van der Waals surface area contributed by atoms with Gasteiger partial charge in [0.15, 0.2) is 0 Å². The number of pyridine rings is 1. The summed E-state index contributed by atoms with van der Waals surface area (Å²) in [6, 6.07) is 1.79. The molecule has 144 valence electrons. The van der Waals surface area contributed by atoms with Gasteiger partial charge in [-0.25, -0.2) is 0 Å². The maximum atomic E-state index is 12.8. The van der Waals surface area contributed by atoms with Gasteiger partial charge < -0.3 is 14.8 Å². The van der Waals surface area contributed by atoms with Crippen LogP contribution in [0.1, 0.15) is 46.6 Å². The van der Waals surface area contributed by atoms with E-state index in [0.29, 0.717) is 24.3 Å². The van der Waals surface area contributed by atoms with Crippen molar-refractivity contribution in [2.24, 2.45) is 0 Å². The molecule has 3 heterocycles. The summed E-state index contributed by atoms with van der Waals surface area (Å²) in [7, 11) is 0. The fourth-order valence-corrected chi connectivity index (χ4v) is 3.34. The smallest absolute Gasteiger partial charge is 0.264 e. The summed E-state index contributed by atoms with van der Waals surface area (Å²) in [5.74, 6) is -0.307. The van der Waals surface area contributed by atoms with Crippen LogP contribution in [0.25, 0.3) is 0 Å². The Bertz CT molecular complexity index is 838. The first kappa shape index (κ1) is 19.2. The van der Waals surface area contributed by atoms with Crippen molar-refractivity contribution >= 4 is 5.91 Å². The zero-order chi connectivity index (χ0) is 19.2. The van der Waals surface area contributed by atoms with Crippen LogP contribution in [-0.4, -0.2) is 51.5 Å². The van der Waals surface area contributed by atoms with E-state index in [4.69, 9.17) is 0 Å². The molecule has 0 bridgehead atoms. The first-order valence-corrected chi connectivity index (χ1v) is 9.53. The summed E-state index contributed by atoms with van der Waals surface area (Å²) in [5, 5.41) is 2.90. The van der Waals surface area contributed by atoms with E-state index in [1.165, 1.54) is 23.8 Å². The number of nitrogens with one attached hydrogen (secondary N) is 1. The molecule has 0 aliphatic carbocycles. The second-order valence-electron chi connectivity index (χ2n) is 7.11. The van der Waals surface area contributed by atoms with Gasteiger partial charge in [0, 0.05) is 25.5 Å². The van der Waals surface area contributed by atoms with Crippen molar-refractivity contribution in [1.82, 2.24) is 24.8 Å². The molecule has 1 aliphatic heterocycles. The molecule has 0 atom stereocenters. The predicted molar refractivity (Wildman–Crippen MR) is 104 cm³/mol. The van der Waals surface area contributed by atoms with Crippen molar-refractivity contribution in [3.05, 3.63) is 57.5 Å². The molecule has 1 aliphatic rings. The van der Waals surface area contributed by atoms with Crippen LogP contribution in [0.15, 0.2) is 29.5 Å². The minimum Gasteiger partial charge on any atom is -0.351 e. The Hall–Kier alpha value is -2.54. The van der Waals surface area contributed by atoms with Gasteiger partial charge in [-0.15, -0.1) is 0 Å². The molecule has 1 fully saturated rings. The van der Waals surface area contributed by atoms with Crippen LogP contribution in [0.5, 0.6) is 0 Å². The average molecular weight is 369 g/mol. The third-order valence-corrected chi connectivity index (χ3v) is 4.93. The van der Waals surface area contributed by atoms with Crippen molar-refractivity contribution in [1.29, 1.82) is 0 Å². The zero-order valence-corrected chi connectivity index (χ0v) is 16.1. The Morgan fingerprint density at radius 3 is 2.63 bits per heavy atom. The van der Waals surface area contributed by atoms with Gasteiger partial charge in [0.25, 0.3) is 11.5 Å². The van der Waals surface area contributed by atoms with Gasteiger partial charge in [-0.05, 0) is 51.4 Å². The quantitative estimate of drug-likeness (QED) is 0.835. The molecule has 0 aromatic carbocycles. The van der Waals surface area contributed by atoms with E-state index in [0.717, 1.165) is 25.3 Å². The predicted octanol–water partition coefficient (Wildman–Crippen LogP) is 1.52. The average Bonchev–Trinajstić information content (AvgIpc) is 2.67. The lowest BCUT2D eigenvalue weighted by Crippen LogP contribution is -2.40. The van der Waals surface area contributed by atoms with Gasteiger partial charge in [-0.1, -0.05) is 6.42 Å². The molecule has 2 aromatic rings. The fourth-order valence-electron chi connectivity index (χ4n) is 3.34. The molecular formula is C20H27N5O2. The van der Waals surface area contributed by atoms with E-state index in [1.807, 2.05) is 6.92 Å². The minimum atomic E-state index is -0.307. The highest BCUT2D eigenvalue weighted by molar-refractivity contribution is 5.95. The normalized spacial score (nSPS) is 14.9. The summed E-state index contributed by atoms with van der Waals surface area (Å²) in [5.41, 5.74) is 2.09. The van der Waals surface area contributed by atoms with Crippen LogP contribution in [-0.2, 0) is 6.54 Å². The largest absolute Gasteiger partial charge is 0.351 e. The van der Waals surface area contributed by atoms with Gasteiger partial charge in [0.05, 0.1) is 24.1 Å². The molecule has 7 nitrogen and oxygen atoms in total. The van der Waals surface area contributed by atoms with Crippen molar-refractivity contribution in [2.75, 3.05) is 26.2 Å². The second kappa shape index (κ2) is 8.90. The van der Waals surface area contributed by atoms with Crippen LogP contribution in [0.3, 0.4) is 0 Å². The number of aryl methyl sites for hydroxylation is 2. The molecule has 1 N–H and O–H groups in total. The number of likely N-dealkylation sites (tertiary alicyclic amines) is 1. The van der Waals surface area contributed by atoms with E-state index < -0.39 is 0 Å². The zero-order valence-electron chi connectivity index (χ0n) is 16.1. The molecule has 0 unspecified atom stereocenters. The number of amides is 1. The number of hydrogen-bond acceptors (Lipinski definition) is 5. The first-order valence-electron chi connectivity index (χ1n) is 9.53. The monoisotopic (exact) mass is 369 g/mol. The van der Waals surface area contributed by atoms with Crippen LogP contribution >= 0.6 is 0 Å². The molecule has 27 heavy (non-hydrogen) atoms. The molecule has 1 amide bonds. The van der Waals surface area contributed by atoms with Gasteiger partial charge in [0.1, 0.15) is 5.56 Å². The highest BCUT2D eigenvalue weighted by atomic mass is 16.2. The van der Waals surface area contributed by atoms with E-state index in [1.54, 1.807) is 31.6 Å². The maximum absolute atomic E-state index is 12.8. The van der Waals surface area contributed by atoms with Crippen LogP contribution in [0.2, 0.25) is 0 Å². The van der Waals surface area contributed by atoms with Crippen LogP contribution in [0.4, 0.5) is 0 Å². The summed E-state index contributed by atoms with van der Waals surface area (Å²) < 4.78 is 1.51. The molecule has 0 saturated carbocycles. The lowest BCUT2D eigenvalue weighted by atomic mass is 10.1. The van der Waals surface area contributed by atoms with Crippen LogP contribution in [0, 0.1) is 13.8 Å². The fraction of sp³-hybridized carbons (Fsp3) is 0.500. The molecule has 0 radical (unpaired) electrons. The van der Waals surface area contributed by atoms with Gasteiger partial charge in [0.2, 0.25) is 0 Å². The Kier molecular flexibility index (Phi) is 6.34. The van der Waals surface area contributed by atoms with Crippen LogP contribution < -0.4 is 10.9 Å².